The molecule has 0 saturated carbocycles. The summed E-state index contributed by atoms with van der Waals surface area (Å²) >= 11 is 0. The maximum Gasteiger partial charge on any atom is 0.433 e. The third kappa shape index (κ3) is 5.84. The molecule has 0 radical (unpaired) electrons. The SMILES string of the molecule is COc1ccc(CCC(=O)NC2CCN(c3cc(C(F)(F)F)nc(C)n3)CC2)cc1. The Morgan fingerprint density at radius 3 is 2.47 bits per heavy atom. The van der Waals surface area contributed by atoms with Crippen molar-refractivity contribution < 1.29 is 22.7 Å². The van der Waals surface area contributed by atoms with Crippen molar-refractivity contribution in [2.45, 2.75) is 44.8 Å². The maximum absolute atomic E-state index is 13.0. The molecule has 1 fully saturated rings. The van der Waals surface area contributed by atoms with Crippen molar-refractivity contribution in [3.63, 3.8) is 0 Å². The summed E-state index contributed by atoms with van der Waals surface area (Å²) in [6, 6.07) is 8.59. The number of aryl methyl sites for hydroxylation is 2. The molecule has 0 aliphatic carbocycles. The van der Waals surface area contributed by atoms with Gasteiger partial charge in [-0.2, -0.15) is 13.2 Å². The molecule has 1 aliphatic heterocycles. The summed E-state index contributed by atoms with van der Waals surface area (Å²) in [4.78, 5) is 21.7. The van der Waals surface area contributed by atoms with Crippen LogP contribution < -0.4 is 15.0 Å². The molecule has 0 atom stereocenters. The number of aromatic nitrogens is 2. The molecule has 0 spiro atoms. The summed E-state index contributed by atoms with van der Waals surface area (Å²) in [6.07, 6.45) is -2.18. The molecule has 30 heavy (non-hydrogen) atoms. The Morgan fingerprint density at radius 1 is 1.20 bits per heavy atom. The highest BCUT2D eigenvalue weighted by molar-refractivity contribution is 5.76. The van der Waals surface area contributed by atoms with E-state index in [1.54, 1.807) is 7.11 Å². The molecule has 0 unspecified atom stereocenters. The zero-order chi connectivity index (χ0) is 21.7. The molecule has 1 saturated heterocycles. The Kier molecular flexibility index (Phi) is 6.79. The van der Waals surface area contributed by atoms with Gasteiger partial charge in [-0.25, -0.2) is 9.97 Å². The zero-order valence-electron chi connectivity index (χ0n) is 17.0. The number of methoxy groups -OCH3 is 1. The second-order valence-corrected chi connectivity index (χ2v) is 7.33. The number of carbonyl (C=O) groups is 1. The van der Waals surface area contributed by atoms with E-state index in [0.29, 0.717) is 38.8 Å². The lowest BCUT2D eigenvalue weighted by Crippen LogP contribution is -2.45. The number of hydrogen-bond donors (Lipinski definition) is 1. The quantitative estimate of drug-likeness (QED) is 0.772. The lowest BCUT2D eigenvalue weighted by atomic mass is 10.0. The zero-order valence-corrected chi connectivity index (χ0v) is 17.0. The molecular formula is C21H25F3N4O2. The Morgan fingerprint density at radius 2 is 1.87 bits per heavy atom. The van der Waals surface area contributed by atoms with Crippen molar-refractivity contribution in [1.29, 1.82) is 0 Å². The van der Waals surface area contributed by atoms with Crippen LogP contribution in [0.5, 0.6) is 5.75 Å². The van der Waals surface area contributed by atoms with E-state index in [4.69, 9.17) is 4.74 Å². The molecule has 1 aliphatic rings. The highest BCUT2D eigenvalue weighted by Crippen LogP contribution is 2.30. The standard InChI is InChI=1S/C21H25F3N4O2/c1-14-25-18(21(22,23)24)13-19(26-14)28-11-9-16(10-12-28)27-20(29)8-5-15-3-6-17(30-2)7-4-15/h3-4,6-7,13,16H,5,8-12H2,1-2H3,(H,27,29). The molecule has 1 aromatic heterocycles. The number of anilines is 1. The Hall–Kier alpha value is -2.84. The van der Waals surface area contributed by atoms with Crippen LogP contribution in [0.25, 0.3) is 0 Å². The van der Waals surface area contributed by atoms with Gasteiger partial charge in [0.1, 0.15) is 23.1 Å². The lowest BCUT2D eigenvalue weighted by molar-refractivity contribution is -0.141. The van der Waals surface area contributed by atoms with Crippen LogP contribution in [0.4, 0.5) is 19.0 Å². The van der Waals surface area contributed by atoms with E-state index < -0.39 is 11.9 Å². The van der Waals surface area contributed by atoms with E-state index in [1.807, 2.05) is 29.2 Å². The minimum absolute atomic E-state index is 0.00892. The molecule has 162 valence electrons. The van der Waals surface area contributed by atoms with Crippen LogP contribution in [-0.4, -0.2) is 42.1 Å². The first-order valence-corrected chi connectivity index (χ1v) is 9.84. The molecule has 1 aromatic carbocycles. The molecule has 3 rings (SSSR count). The molecule has 6 nitrogen and oxygen atoms in total. The lowest BCUT2D eigenvalue weighted by Gasteiger charge is -2.33. The van der Waals surface area contributed by atoms with Gasteiger partial charge in [0.25, 0.3) is 0 Å². The smallest absolute Gasteiger partial charge is 0.433 e. The minimum atomic E-state index is -4.50. The second kappa shape index (κ2) is 9.32. The Balaban J connectivity index is 1.48. The largest absolute Gasteiger partial charge is 0.497 e. The van der Waals surface area contributed by atoms with Gasteiger partial charge >= 0.3 is 6.18 Å². The topological polar surface area (TPSA) is 67.3 Å². The van der Waals surface area contributed by atoms with Gasteiger partial charge in [0.15, 0.2) is 0 Å². The average Bonchev–Trinajstić information content (AvgIpc) is 2.72. The van der Waals surface area contributed by atoms with Gasteiger partial charge in [-0.1, -0.05) is 12.1 Å². The van der Waals surface area contributed by atoms with E-state index in [2.05, 4.69) is 15.3 Å². The molecule has 1 amide bonds. The monoisotopic (exact) mass is 422 g/mol. The van der Waals surface area contributed by atoms with Crippen molar-refractivity contribution in [2.24, 2.45) is 0 Å². The van der Waals surface area contributed by atoms with Gasteiger partial charge in [-0.05, 0) is 43.9 Å². The molecule has 2 heterocycles. The third-order valence-electron chi connectivity index (χ3n) is 5.10. The highest BCUT2D eigenvalue weighted by atomic mass is 19.4. The van der Waals surface area contributed by atoms with E-state index >= 15 is 0 Å². The third-order valence-corrected chi connectivity index (χ3v) is 5.10. The van der Waals surface area contributed by atoms with Crippen molar-refractivity contribution in [2.75, 3.05) is 25.1 Å². The van der Waals surface area contributed by atoms with Gasteiger partial charge < -0.3 is 15.0 Å². The maximum atomic E-state index is 13.0. The number of benzene rings is 1. The first kappa shape index (κ1) is 21.9. The molecular weight excluding hydrogens is 397 g/mol. The summed E-state index contributed by atoms with van der Waals surface area (Å²) in [5, 5.41) is 3.03. The van der Waals surface area contributed by atoms with Gasteiger partial charge in [0, 0.05) is 31.6 Å². The molecule has 1 N–H and O–H groups in total. The Bertz CT molecular complexity index is 864. The first-order chi connectivity index (χ1) is 14.2. The van der Waals surface area contributed by atoms with Crippen molar-refractivity contribution in [3.8, 4) is 5.75 Å². The fraction of sp³-hybridized carbons (Fsp3) is 0.476. The van der Waals surface area contributed by atoms with Gasteiger partial charge in [0.05, 0.1) is 7.11 Å². The summed E-state index contributed by atoms with van der Waals surface area (Å²) in [5.74, 6) is 1.12. The van der Waals surface area contributed by atoms with E-state index in [1.165, 1.54) is 6.92 Å². The van der Waals surface area contributed by atoms with Gasteiger partial charge in [-0.3, -0.25) is 4.79 Å². The predicted octanol–water partition coefficient (Wildman–Crippen LogP) is 3.53. The molecule has 2 aromatic rings. The normalized spacial score (nSPS) is 15.2. The number of carbonyl (C=O) groups excluding carboxylic acids is 1. The van der Waals surface area contributed by atoms with Gasteiger partial charge in [-0.15, -0.1) is 0 Å². The summed E-state index contributed by atoms with van der Waals surface area (Å²) in [6.45, 7) is 2.50. The number of halogens is 3. The van der Waals surface area contributed by atoms with Crippen LogP contribution in [0, 0.1) is 6.92 Å². The van der Waals surface area contributed by atoms with Crippen LogP contribution >= 0.6 is 0 Å². The first-order valence-electron chi connectivity index (χ1n) is 9.84. The number of piperidine rings is 1. The van der Waals surface area contributed by atoms with Crippen LogP contribution in [0.1, 0.15) is 36.3 Å². The van der Waals surface area contributed by atoms with Crippen LogP contribution in [0.2, 0.25) is 0 Å². The van der Waals surface area contributed by atoms with Crippen LogP contribution in [-0.2, 0) is 17.4 Å². The summed E-state index contributed by atoms with van der Waals surface area (Å²) < 4.78 is 44.1. The fourth-order valence-electron chi connectivity index (χ4n) is 3.46. The van der Waals surface area contributed by atoms with E-state index in [9.17, 15) is 18.0 Å². The number of amides is 1. The van der Waals surface area contributed by atoms with Crippen LogP contribution in [0.15, 0.2) is 30.3 Å². The van der Waals surface area contributed by atoms with Crippen molar-refractivity contribution >= 4 is 11.7 Å². The summed E-state index contributed by atoms with van der Waals surface area (Å²) in [5.41, 5.74) is 0.124. The molecule has 0 bridgehead atoms. The number of nitrogens with one attached hydrogen (secondary N) is 1. The predicted molar refractivity (Wildman–Crippen MR) is 106 cm³/mol. The number of nitrogens with zero attached hydrogens (tertiary/aromatic N) is 3. The fourth-order valence-corrected chi connectivity index (χ4v) is 3.46. The Labute approximate surface area is 173 Å². The van der Waals surface area contributed by atoms with Crippen LogP contribution in [0.3, 0.4) is 0 Å². The number of hydrogen-bond acceptors (Lipinski definition) is 5. The number of ether oxygens (including phenoxy) is 1. The summed E-state index contributed by atoms with van der Waals surface area (Å²) in [7, 11) is 1.61. The second-order valence-electron chi connectivity index (χ2n) is 7.33. The van der Waals surface area contributed by atoms with Crippen molar-refractivity contribution in [1.82, 2.24) is 15.3 Å². The minimum Gasteiger partial charge on any atom is -0.497 e. The average molecular weight is 422 g/mol. The number of rotatable bonds is 6. The number of alkyl halides is 3. The van der Waals surface area contributed by atoms with Crippen molar-refractivity contribution in [3.05, 3.63) is 47.4 Å². The highest BCUT2D eigenvalue weighted by Gasteiger charge is 2.34. The van der Waals surface area contributed by atoms with E-state index in [0.717, 1.165) is 17.4 Å². The van der Waals surface area contributed by atoms with Gasteiger partial charge in [0.2, 0.25) is 5.91 Å². The molecule has 9 heteroatoms. The van der Waals surface area contributed by atoms with E-state index in [-0.39, 0.29) is 23.6 Å².